The van der Waals surface area contributed by atoms with E-state index in [-0.39, 0.29) is 59.2 Å². The zero-order valence-corrected chi connectivity index (χ0v) is 19.4. The van der Waals surface area contributed by atoms with E-state index in [9.17, 15) is 27.9 Å². The SMILES string of the molecule is CC1CC(O)CCC1N1CCN(C(=O)c2nn3c(C(F)(F)F)cc(C4CC4)cc3c2Cl)CC1=O. The minimum absolute atomic E-state index is 0.00197. The molecule has 2 aromatic heterocycles. The van der Waals surface area contributed by atoms with Crippen LogP contribution in [0, 0.1) is 5.92 Å². The molecule has 2 amide bonds. The molecule has 0 spiro atoms. The van der Waals surface area contributed by atoms with Crippen LogP contribution in [0.25, 0.3) is 5.52 Å². The predicted molar refractivity (Wildman–Crippen MR) is 118 cm³/mol. The summed E-state index contributed by atoms with van der Waals surface area (Å²) in [7, 11) is 0. The third-order valence-electron chi connectivity index (χ3n) is 7.28. The van der Waals surface area contributed by atoms with Gasteiger partial charge < -0.3 is 14.9 Å². The van der Waals surface area contributed by atoms with Crippen molar-refractivity contribution in [3.63, 3.8) is 0 Å². The third-order valence-corrected chi connectivity index (χ3v) is 7.65. The van der Waals surface area contributed by atoms with Crippen molar-refractivity contribution in [1.29, 1.82) is 0 Å². The number of aliphatic hydroxyl groups is 1. The average molecular weight is 499 g/mol. The number of halogens is 4. The molecule has 3 aliphatic rings. The van der Waals surface area contributed by atoms with Gasteiger partial charge in [-0.15, -0.1) is 0 Å². The van der Waals surface area contributed by atoms with Crippen LogP contribution in [0.5, 0.6) is 0 Å². The highest BCUT2D eigenvalue weighted by Crippen LogP contribution is 2.43. The first-order valence-corrected chi connectivity index (χ1v) is 12.0. The molecule has 3 unspecified atom stereocenters. The first kappa shape index (κ1) is 23.4. The Kier molecular flexibility index (Phi) is 5.79. The molecule has 2 saturated carbocycles. The summed E-state index contributed by atoms with van der Waals surface area (Å²) in [6.07, 6.45) is -1.44. The van der Waals surface area contributed by atoms with Gasteiger partial charge in [-0.3, -0.25) is 9.59 Å². The van der Waals surface area contributed by atoms with Crippen molar-refractivity contribution in [2.24, 2.45) is 5.92 Å². The van der Waals surface area contributed by atoms with Gasteiger partial charge in [0.15, 0.2) is 5.69 Å². The second-order valence-corrected chi connectivity index (χ2v) is 10.1. The zero-order chi connectivity index (χ0) is 24.4. The van der Waals surface area contributed by atoms with E-state index in [4.69, 9.17) is 11.6 Å². The van der Waals surface area contributed by atoms with E-state index in [2.05, 4.69) is 5.10 Å². The summed E-state index contributed by atoms with van der Waals surface area (Å²) in [5.74, 6) is -0.677. The molecule has 11 heteroatoms. The molecule has 2 aliphatic carbocycles. The van der Waals surface area contributed by atoms with Crippen molar-refractivity contribution in [2.75, 3.05) is 19.6 Å². The number of amides is 2. The fourth-order valence-electron chi connectivity index (χ4n) is 5.30. The monoisotopic (exact) mass is 498 g/mol. The number of alkyl halides is 3. The third kappa shape index (κ3) is 4.15. The van der Waals surface area contributed by atoms with E-state index in [1.165, 1.54) is 4.90 Å². The van der Waals surface area contributed by atoms with Gasteiger partial charge in [0.25, 0.3) is 5.91 Å². The van der Waals surface area contributed by atoms with Gasteiger partial charge in [-0.1, -0.05) is 18.5 Å². The Morgan fingerprint density at radius 1 is 1.18 bits per heavy atom. The van der Waals surface area contributed by atoms with Crippen molar-refractivity contribution >= 4 is 28.9 Å². The molecule has 184 valence electrons. The lowest BCUT2D eigenvalue weighted by atomic mass is 9.83. The Bertz CT molecular complexity index is 1150. The maximum Gasteiger partial charge on any atom is 0.433 e. The smallest absolute Gasteiger partial charge is 0.393 e. The van der Waals surface area contributed by atoms with Crippen LogP contribution in [0.4, 0.5) is 13.2 Å². The number of hydrogen-bond donors (Lipinski definition) is 1. The molecule has 1 saturated heterocycles. The van der Waals surface area contributed by atoms with Crippen LogP contribution < -0.4 is 0 Å². The summed E-state index contributed by atoms with van der Waals surface area (Å²) >= 11 is 6.39. The molecule has 0 radical (unpaired) electrons. The van der Waals surface area contributed by atoms with Crippen LogP contribution in [0.1, 0.15) is 66.7 Å². The van der Waals surface area contributed by atoms with Crippen LogP contribution >= 0.6 is 11.6 Å². The molecule has 34 heavy (non-hydrogen) atoms. The molecule has 0 aromatic carbocycles. The van der Waals surface area contributed by atoms with Gasteiger partial charge >= 0.3 is 6.18 Å². The fourth-order valence-corrected chi connectivity index (χ4v) is 5.56. The summed E-state index contributed by atoms with van der Waals surface area (Å²) in [5, 5.41) is 13.7. The highest BCUT2D eigenvalue weighted by atomic mass is 35.5. The van der Waals surface area contributed by atoms with Gasteiger partial charge in [-0.25, -0.2) is 4.52 Å². The molecular weight excluding hydrogens is 473 g/mol. The van der Waals surface area contributed by atoms with Crippen molar-refractivity contribution < 1.29 is 27.9 Å². The van der Waals surface area contributed by atoms with Crippen LogP contribution in [-0.4, -0.2) is 68.1 Å². The molecule has 3 fully saturated rings. The maximum atomic E-state index is 13.7. The molecule has 2 aromatic rings. The normalized spacial score (nSPS) is 26.4. The van der Waals surface area contributed by atoms with Crippen molar-refractivity contribution in [1.82, 2.24) is 19.4 Å². The van der Waals surface area contributed by atoms with Gasteiger partial charge in [0.05, 0.1) is 16.6 Å². The maximum absolute atomic E-state index is 13.7. The zero-order valence-electron chi connectivity index (χ0n) is 18.7. The van der Waals surface area contributed by atoms with Gasteiger partial charge in [-0.05, 0) is 61.6 Å². The Hall–Kier alpha value is -2.33. The number of carbonyl (C=O) groups is 2. The summed E-state index contributed by atoms with van der Waals surface area (Å²) in [4.78, 5) is 29.2. The minimum atomic E-state index is -4.66. The second kappa shape index (κ2) is 8.41. The van der Waals surface area contributed by atoms with E-state index in [1.807, 2.05) is 6.92 Å². The van der Waals surface area contributed by atoms with Crippen LogP contribution in [0.15, 0.2) is 12.1 Å². The lowest BCUT2D eigenvalue weighted by molar-refractivity contribution is -0.142. The molecular formula is C23H26ClF3N4O3. The molecule has 1 aliphatic heterocycles. The van der Waals surface area contributed by atoms with Crippen molar-refractivity contribution in [3.05, 3.63) is 34.1 Å². The second-order valence-electron chi connectivity index (χ2n) is 9.73. The number of hydrogen-bond acceptors (Lipinski definition) is 4. The lowest BCUT2D eigenvalue weighted by Crippen LogP contribution is -2.57. The quantitative estimate of drug-likeness (QED) is 0.699. The number of aromatic nitrogens is 2. The number of fused-ring (bicyclic) bond motifs is 1. The van der Waals surface area contributed by atoms with E-state index >= 15 is 0 Å². The van der Waals surface area contributed by atoms with Crippen molar-refractivity contribution in [2.45, 2.75) is 63.3 Å². The van der Waals surface area contributed by atoms with E-state index in [0.717, 1.165) is 18.9 Å². The standard InChI is InChI=1S/C23H26ClF3N4O3/c1-12-8-15(32)4-5-16(12)30-7-6-29(11-19(30)33)22(34)21-20(24)17-9-14(13-2-3-13)10-18(23(25,26)27)31(17)28-21/h9-10,12-13,15-16,32H,2-8,11H2,1H3. The predicted octanol–water partition coefficient (Wildman–Crippen LogP) is 3.72. The largest absolute Gasteiger partial charge is 0.433 e. The van der Waals surface area contributed by atoms with Crippen LogP contribution in [0.3, 0.4) is 0 Å². The Morgan fingerprint density at radius 3 is 2.53 bits per heavy atom. The van der Waals surface area contributed by atoms with Crippen LogP contribution in [-0.2, 0) is 11.0 Å². The first-order valence-electron chi connectivity index (χ1n) is 11.6. The van der Waals surface area contributed by atoms with Crippen molar-refractivity contribution in [3.8, 4) is 0 Å². The number of nitrogens with zero attached hydrogens (tertiary/aromatic N) is 4. The summed E-state index contributed by atoms with van der Waals surface area (Å²) in [5.41, 5.74) is -0.671. The summed E-state index contributed by atoms with van der Waals surface area (Å²) in [6, 6.07) is 2.65. The van der Waals surface area contributed by atoms with Gasteiger partial charge in [0.2, 0.25) is 5.91 Å². The molecule has 0 bridgehead atoms. The highest BCUT2D eigenvalue weighted by Gasteiger charge is 2.40. The first-order chi connectivity index (χ1) is 16.0. The molecule has 3 heterocycles. The minimum Gasteiger partial charge on any atom is -0.393 e. The molecule has 5 rings (SSSR count). The molecule has 1 N–H and O–H groups in total. The lowest BCUT2D eigenvalue weighted by Gasteiger charge is -2.44. The average Bonchev–Trinajstić information content (AvgIpc) is 3.56. The van der Waals surface area contributed by atoms with Gasteiger partial charge in [0, 0.05) is 19.1 Å². The number of aliphatic hydroxyl groups excluding tert-OH is 1. The van der Waals surface area contributed by atoms with Crippen LogP contribution in [0.2, 0.25) is 5.02 Å². The topological polar surface area (TPSA) is 78.2 Å². The number of pyridine rings is 1. The van der Waals surface area contributed by atoms with Gasteiger partial charge in [0.1, 0.15) is 12.2 Å². The molecule has 3 atom stereocenters. The molecule has 7 nitrogen and oxygen atoms in total. The Balaban J connectivity index is 1.40. The summed E-state index contributed by atoms with van der Waals surface area (Å²) in [6.45, 7) is 2.37. The number of carbonyl (C=O) groups excluding carboxylic acids is 2. The van der Waals surface area contributed by atoms with E-state index in [0.29, 0.717) is 35.9 Å². The van der Waals surface area contributed by atoms with Gasteiger partial charge in [-0.2, -0.15) is 18.3 Å². The Morgan fingerprint density at radius 2 is 1.91 bits per heavy atom. The van der Waals surface area contributed by atoms with E-state index in [1.54, 1.807) is 11.0 Å². The number of rotatable bonds is 3. The van der Waals surface area contributed by atoms with E-state index < -0.39 is 17.8 Å². The highest BCUT2D eigenvalue weighted by molar-refractivity contribution is 6.36. The fraction of sp³-hybridized carbons (Fsp3) is 0.609. The number of piperazine rings is 1. The summed E-state index contributed by atoms with van der Waals surface area (Å²) < 4.78 is 41.9. The Labute approximate surface area is 199 Å².